The van der Waals surface area contributed by atoms with Crippen LogP contribution in [0.15, 0.2) is 89.8 Å². The largest absolute Gasteiger partial charge is 0.323 e. The van der Waals surface area contributed by atoms with Crippen molar-refractivity contribution in [2.45, 2.75) is 17.9 Å². The monoisotopic (exact) mass is 450 g/mol. The van der Waals surface area contributed by atoms with E-state index in [-0.39, 0.29) is 11.9 Å². The molecule has 4 rings (SSSR count). The fraction of sp³-hybridized carbons (Fsp3) is 0.240. The topological polar surface area (TPSA) is 70.9 Å². The average molecular weight is 451 g/mol. The van der Waals surface area contributed by atoms with E-state index >= 15 is 0 Å². The van der Waals surface area contributed by atoms with Gasteiger partial charge in [0.15, 0.2) is 6.04 Å². The Hall–Kier alpha value is -3.00. The molecule has 32 heavy (non-hydrogen) atoms. The molecule has 1 amide bonds. The van der Waals surface area contributed by atoms with Crippen molar-refractivity contribution < 1.29 is 18.1 Å². The van der Waals surface area contributed by atoms with Gasteiger partial charge in [-0.15, -0.1) is 0 Å². The highest BCUT2D eigenvalue weighted by atomic mass is 32.2. The van der Waals surface area contributed by atoms with Gasteiger partial charge in [0.05, 0.1) is 31.1 Å². The number of anilines is 1. The fourth-order valence-electron chi connectivity index (χ4n) is 4.08. The van der Waals surface area contributed by atoms with Crippen LogP contribution in [0.5, 0.6) is 0 Å². The molecule has 0 unspecified atom stereocenters. The van der Waals surface area contributed by atoms with E-state index in [2.05, 4.69) is 5.32 Å². The van der Waals surface area contributed by atoms with E-state index in [1.807, 2.05) is 61.5 Å². The summed E-state index contributed by atoms with van der Waals surface area (Å²) in [6.45, 7) is 3.86. The van der Waals surface area contributed by atoms with Gasteiger partial charge in [-0.2, -0.15) is 4.31 Å². The molecule has 1 heterocycles. The second-order valence-electron chi connectivity index (χ2n) is 8.00. The third kappa shape index (κ3) is 4.75. The zero-order valence-corrected chi connectivity index (χ0v) is 18.9. The summed E-state index contributed by atoms with van der Waals surface area (Å²) in [5, 5.41) is 3.08. The van der Waals surface area contributed by atoms with Crippen LogP contribution in [-0.4, -0.2) is 50.9 Å². The van der Waals surface area contributed by atoms with Crippen LogP contribution in [0.4, 0.5) is 5.69 Å². The number of carbonyl (C=O) groups excluding carboxylic acids is 1. The normalized spacial score (nSPS) is 16.4. The lowest BCUT2D eigenvalue weighted by Gasteiger charge is -2.34. The SMILES string of the molecule is C[C@H](C(=O)Nc1ccccc1-c1ccccc1)[NH+]1CCN(S(=O)(=O)c2ccccc2)CC1. The molecular formula is C25H28N3O3S+. The second-order valence-corrected chi connectivity index (χ2v) is 9.94. The number of rotatable bonds is 6. The summed E-state index contributed by atoms with van der Waals surface area (Å²) in [6, 6.07) is 25.9. The van der Waals surface area contributed by atoms with E-state index in [1.165, 1.54) is 4.31 Å². The lowest BCUT2D eigenvalue weighted by Crippen LogP contribution is -3.19. The molecule has 0 aliphatic carbocycles. The number of nitrogens with one attached hydrogen (secondary N) is 2. The molecule has 3 aromatic rings. The molecule has 6 nitrogen and oxygen atoms in total. The van der Waals surface area contributed by atoms with Crippen LogP contribution in [-0.2, 0) is 14.8 Å². The summed E-state index contributed by atoms with van der Waals surface area (Å²) in [5.74, 6) is -0.0669. The third-order valence-corrected chi connectivity index (χ3v) is 7.93. The molecule has 1 fully saturated rings. The van der Waals surface area contributed by atoms with Crippen LogP contribution >= 0.6 is 0 Å². The molecule has 166 valence electrons. The van der Waals surface area contributed by atoms with Crippen LogP contribution < -0.4 is 10.2 Å². The number of quaternary nitrogens is 1. The Morgan fingerprint density at radius 2 is 1.44 bits per heavy atom. The zero-order chi connectivity index (χ0) is 22.6. The van der Waals surface area contributed by atoms with Gasteiger partial charge < -0.3 is 10.2 Å². The van der Waals surface area contributed by atoms with Gasteiger partial charge in [-0.25, -0.2) is 8.42 Å². The summed E-state index contributed by atoms with van der Waals surface area (Å²) in [4.78, 5) is 14.4. The Morgan fingerprint density at radius 3 is 2.09 bits per heavy atom. The predicted octanol–water partition coefficient (Wildman–Crippen LogP) is 2.27. The Labute approximate surface area is 189 Å². The maximum Gasteiger partial charge on any atom is 0.282 e. The van der Waals surface area contributed by atoms with Crippen LogP contribution in [0, 0.1) is 0 Å². The number of sulfonamides is 1. The van der Waals surface area contributed by atoms with Crippen LogP contribution in [0.25, 0.3) is 11.1 Å². The van der Waals surface area contributed by atoms with E-state index in [9.17, 15) is 13.2 Å². The molecule has 1 aliphatic rings. The van der Waals surface area contributed by atoms with Crippen molar-refractivity contribution in [2.24, 2.45) is 0 Å². The highest BCUT2D eigenvalue weighted by Crippen LogP contribution is 2.27. The lowest BCUT2D eigenvalue weighted by atomic mass is 10.0. The summed E-state index contributed by atoms with van der Waals surface area (Å²) in [6.07, 6.45) is 0. The summed E-state index contributed by atoms with van der Waals surface area (Å²) in [5.41, 5.74) is 2.80. The molecular weight excluding hydrogens is 422 g/mol. The number of piperazine rings is 1. The third-order valence-electron chi connectivity index (χ3n) is 6.02. The van der Waals surface area contributed by atoms with E-state index in [1.54, 1.807) is 30.3 Å². The average Bonchev–Trinajstić information content (AvgIpc) is 2.85. The molecule has 1 saturated heterocycles. The Bertz CT molecular complexity index is 1160. The molecule has 2 N–H and O–H groups in total. The molecule has 0 bridgehead atoms. The molecule has 1 atom stereocenters. The standard InChI is InChI=1S/C25H27N3O3S/c1-20(25(29)26-24-15-9-8-14-23(24)21-10-4-2-5-11-21)27-16-18-28(19-17-27)32(30,31)22-12-6-3-7-13-22/h2-15,20H,16-19H2,1H3,(H,26,29)/p+1/t20-/m1/s1. The van der Waals surface area contributed by atoms with Crippen molar-refractivity contribution in [1.82, 2.24) is 4.31 Å². The Balaban J connectivity index is 1.40. The minimum atomic E-state index is -3.50. The predicted molar refractivity (Wildman–Crippen MR) is 126 cm³/mol. The zero-order valence-electron chi connectivity index (χ0n) is 18.1. The van der Waals surface area contributed by atoms with Crippen molar-refractivity contribution in [3.05, 3.63) is 84.9 Å². The first-order valence-electron chi connectivity index (χ1n) is 10.8. The molecule has 7 heteroatoms. The first-order chi connectivity index (χ1) is 15.5. The maximum atomic E-state index is 13.0. The van der Waals surface area contributed by atoms with E-state index in [4.69, 9.17) is 0 Å². The van der Waals surface area contributed by atoms with E-state index in [0.717, 1.165) is 21.7 Å². The number of benzene rings is 3. The van der Waals surface area contributed by atoms with E-state index < -0.39 is 10.0 Å². The van der Waals surface area contributed by atoms with E-state index in [0.29, 0.717) is 31.1 Å². The number of carbonyl (C=O) groups is 1. The second kappa shape index (κ2) is 9.65. The Kier molecular flexibility index (Phi) is 6.69. The first-order valence-corrected chi connectivity index (χ1v) is 12.3. The van der Waals surface area contributed by atoms with Crippen molar-refractivity contribution in [1.29, 1.82) is 0 Å². The fourth-order valence-corrected chi connectivity index (χ4v) is 5.54. The first kappa shape index (κ1) is 22.2. The van der Waals surface area contributed by atoms with Crippen molar-refractivity contribution >= 4 is 21.6 Å². The highest BCUT2D eigenvalue weighted by Gasteiger charge is 2.34. The molecule has 3 aromatic carbocycles. The molecule has 0 saturated carbocycles. The number of hydrogen-bond donors (Lipinski definition) is 2. The number of nitrogens with zero attached hydrogens (tertiary/aromatic N) is 1. The van der Waals surface area contributed by atoms with Gasteiger partial charge in [0.2, 0.25) is 10.0 Å². The van der Waals surface area contributed by atoms with Gasteiger partial charge in [0, 0.05) is 11.3 Å². The summed E-state index contributed by atoms with van der Waals surface area (Å²) < 4.78 is 27.2. The van der Waals surface area contributed by atoms with Crippen molar-refractivity contribution in [2.75, 3.05) is 31.5 Å². The molecule has 1 aliphatic heterocycles. The minimum absolute atomic E-state index is 0.0669. The van der Waals surface area contributed by atoms with Gasteiger partial charge in [-0.3, -0.25) is 4.79 Å². The summed E-state index contributed by atoms with van der Waals surface area (Å²) in [7, 11) is -3.50. The lowest BCUT2D eigenvalue weighted by molar-refractivity contribution is -0.917. The van der Waals surface area contributed by atoms with Gasteiger partial charge in [-0.05, 0) is 30.7 Å². The van der Waals surface area contributed by atoms with Crippen molar-refractivity contribution in [3.63, 3.8) is 0 Å². The number of amides is 1. The van der Waals surface area contributed by atoms with Gasteiger partial charge in [0.25, 0.3) is 5.91 Å². The smallest absolute Gasteiger partial charge is 0.282 e. The maximum absolute atomic E-state index is 13.0. The van der Waals surface area contributed by atoms with Crippen LogP contribution in [0.3, 0.4) is 0 Å². The minimum Gasteiger partial charge on any atom is -0.323 e. The molecule has 0 radical (unpaired) electrons. The molecule has 0 spiro atoms. The van der Waals surface area contributed by atoms with Gasteiger partial charge in [-0.1, -0.05) is 66.7 Å². The van der Waals surface area contributed by atoms with Gasteiger partial charge >= 0.3 is 0 Å². The quantitative estimate of drug-likeness (QED) is 0.605. The molecule has 0 aromatic heterocycles. The highest BCUT2D eigenvalue weighted by molar-refractivity contribution is 7.89. The number of para-hydroxylation sites is 1. The van der Waals surface area contributed by atoms with Crippen molar-refractivity contribution in [3.8, 4) is 11.1 Å². The Morgan fingerprint density at radius 1 is 0.875 bits per heavy atom. The van der Waals surface area contributed by atoms with Crippen LogP contribution in [0.2, 0.25) is 0 Å². The number of hydrogen-bond acceptors (Lipinski definition) is 3. The van der Waals surface area contributed by atoms with Gasteiger partial charge in [0.1, 0.15) is 0 Å². The summed E-state index contributed by atoms with van der Waals surface area (Å²) >= 11 is 0. The van der Waals surface area contributed by atoms with Crippen LogP contribution in [0.1, 0.15) is 6.92 Å².